The second kappa shape index (κ2) is 11.4. The average Bonchev–Trinajstić information content (AvgIpc) is 3.31. The van der Waals surface area contributed by atoms with Gasteiger partial charge in [-0.2, -0.15) is 9.98 Å². The molecule has 1 heterocycles. The lowest BCUT2D eigenvalue weighted by Gasteiger charge is -2.15. The van der Waals surface area contributed by atoms with Crippen molar-refractivity contribution >= 4 is 34.3 Å². The maximum Gasteiger partial charge on any atom is 0.434 e. The van der Waals surface area contributed by atoms with Crippen molar-refractivity contribution in [3.8, 4) is 22.9 Å². The van der Waals surface area contributed by atoms with Gasteiger partial charge in [-0.3, -0.25) is 0 Å². The zero-order valence-electron chi connectivity index (χ0n) is 19.4. The lowest BCUT2D eigenvalue weighted by atomic mass is 10.0. The molecule has 0 fully saturated rings. The molecule has 10 nitrogen and oxygen atoms in total. The number of aliphatic hydroxyl groups is 1. The number of ether oxygens (including phenoxy) is 3. The number of amides is 1. The Morgan fingerprint density at radius 3 is 2.41 bits per heavy atom. The molecule has 0 atom stereocenters. The monoisotopic (exact) mass is 484 g/mol. The Kier molecular flexibility index (Phi) is 8.39. The highest BCUT2D eigenvalue weighted by molar-refractivity contribution is 8.15. The van der Waals surface area contributed by atoms with Crippen molar-refractivity contribution < 1.29 is 28.6 Å². The van der Waals surface area contributed by atoms with Crippen molar-refractivity contribution in [2.45, 2.75) is 13.5 Å². The first-order chi connectivity index (χ1) is 16.4. The second-order valence-electron chi connectivity index (χ2n) is 6.76. The number of aliphatic imine (C=N–C) groups is 2. The van der Waals surface area contributed by atoms with Crippen LogP contribution >= 0.6 is 11.8 Å². The number of benzene rings is 2. The van der Waals surface area contributed by atoms with E-state index in [0.29, 0.717) is 50.8 Å². The number of hydrogen-bond donors (Lipinski definition) is 1. The molecule has 2 aromatic carbocycles. The summed E-state index contributed by atoms with van der Waals surface area (Å²) in [6.45, 7) is 1.43. The first-order valence-electron chi connectivity index (χ1n) is 10.0. The highest BCUT2D eigenvalue weighted by atomic mass is 32.2. The third-order valence-corrected chi connectivity index (χ3v) is 5.33. The molecule has 11 heteroatoms. The molecule has 0 saturated carbocycles. The minimum atomic E-state index is -0.761. The van der Waals surface area contributed by atoms with E-state index in [1.165, 1.54) is 33.1 Å². The van der Waals surface area contributed by atoms with Gasteiger partial charge in [0.05, 0.1) is 33.6 Å². The van der Waals surface area contributed by atoms with E-state index in [9.17, 15) is 9.90 Å². The minimum absolute atomic E-state index is 0.289. The number of aromatic nitrogens is 2. The number of nitrogens with zero attached hydrogens (tertiary/aromatic N) is 4. The molecule has 0 saturated heterocycles. The Balaban J connectivity index is 2.16. The number of hydrogen-bond acceptors (Lipinski definition) is 10. The van der Waals surface area contributed by atoms with Crippen LogP contribution in [0.3, 0.4) is 0 Å². The molecule has 34 heavy (non-hydrogen) atoms. The van der Waals surface area contributed by atoms with E-state index >= 15 is 0 Å². The van der Waals surface area contributed by atoms with Gasteiger partial charge < -0.3 is 23.8 Å². The Hall–Kier alpha value is -3.70. The van der Waals surface area contributed by atoms with Crippen molar-refractivity contribution in [2.24, 2.45) is 9.98 Å². The Morgan fingerprint density at radius 1 is 1.15 bits per heavy atom. The van der Waals surface area contributed by atoms with Gasteiger partial charge >= 0.3 is 6.09 Å². The number of aliphatic hydroxyl groups excluding tert-OH is 1. The van der Waals surface area contributed by atoms with E-state index in [0.717, 1.165) is 5.56 Å². The number of rotatable bonds is 7. The summed E-state index contributed by atoms with van der Waals surface area (Å²) in [6, 6.07) is 10.6. The Labute approximate surface area is 200 Å². The van der Waals surface area contributed by atoms with Crippen LogP contribution in [-0.2, 0) is 11.3 Å². The van der Waals surface area contributed by atoms with Gasteiger partial charge in [-0.1, -0.05) is 5.16 Å². The first-order valence-corrected chi connectivity index (χ1v) is 11.2. The number of thioether (sulfide) groups is 1. The zero-order chi connectivity index (χ0) is 24.7. The fourth-order valence-electron chi connectivity index (χ4n) is 3.09. The Morgan fingerprint density at radius 2 is 1.88 bits per heavy atom. The van der Waals surface area contributed by atoms with Crippen LogP contribution < -0.4 is 9.47 Å². The van der Waals surface area contributed by atoms with E-state index in [2.05, 4.69) is 15.1 Å². The molecule has 1 amide bonds. The number of methoxy groups -OCH3 is 3. The van der Waals surface area contributed by atoms with Crippen LogP contribution in [0.25, 0.3) is 11.4 Å². The summed E-state index contributed by atoms with van der Waals surface area (Å²) in [4.78, 5) is 24.9. The first kappa shape index (κ1) is 24.9. The number of carbonyl (C=O) groups excluding carboxylic acids is 1. The SMILES string of the molecule is COC(=O)/N=C(\SC)C(=Nc1ccc(-c2noc(C)n2)cc1)c1cc(CO)c(OC)c(OC)c1. The highest BCUT2D eigenvalue weighted by Crippen LogP contribution is 2.34. The number of aryl methyl sites for hydroxylation is 1. The normalized spacial score (nSPS) is 11.9. The predicted octanol–water partition coefficient (Wildman–Crippen LogP) is 4.20. The van der Waals surface area contributed by atoms with Crippen molar-refractivity contribution in [3.63, 3.8) is 0 Å². The van der Waals surface area contributed by atoms with Gasteiger partial charge in [0.15, 0.2) is 11.5 Å². The van der Waals surface area contributed by atoms with Gasteiger partial charge in [-0.15, -0.1) is 11.8 Å². The van der Waals surface area contributed by atoms with E-state index in [1.54, 1.807) is 37.4 Å². The summed E-state index contributed by atoms with van der Waals surface area (Å²) < 4.78 is 20.6. The van der Waals surface area contributed by atoms with Gasteiger partial charge in [0.1, 0.15) is 10.8 Å². The van der Waals surface area contributed by atoms with Crippen molar-refractivity contribution in [1.82, 2.24) is 10.1 Å². The van der Waals surface area contributed by atoms with Gasteiger partial charge in [-0.05, 0) is 42.7 Å². The van der Waals surface area contributed by atoms with Crippen LogP contribution in [0.5, 0.6) is 11.5 Å². The Bertz CT molecular complexity index is 1200. The lowest BCUT2D eigenvalue weighted by Crippen LogP contribution is -2.15. The van der Waals surface area contributed by atoms with Crippen molar-refractivity contribution in [3.05, 3.63) is 53.4 Å². The van der Waals surface area contributed by atoms with Gasteiger partial charge in [0.2, 0.25) is 11.7 Å². The molecule has 178 valence electrons. The number of carbonyl (C=O) groups is 1. The standard InChI is InChI=1S/C23H24N4O6S/c1-13-24-21(27-33-13)14-6-8-17(9-7-14)25-19(22(34-5)26-23(29)32-4)15-10-16(12-28)20(31-3)18(11-15)30-2/h6-11,28H,12H2,1-5H3/b25-19?,26-22-. The summed E-state index contributed by atoms with van der Waals surface area (Å²) in [6.07, 6.45) is 1.01. The van der Waals surface area contributed by atoms with E-state index in [4.69, 9.17) is 23.7 Å². The zero-order valence-corrected chi connectivity index (χ0v) is 20.2. The van der Waals surface area contributed by atoms with Crippen molar-refractivity contribution in [2.75, 3.05) is 27.6 Å². The fraction of sp³-hybridized carbons (Fsp3) is 0.261. The molecule has 3 rings (SSSR count). The molecule has 0 unspecified atom stereocenters. The van der Waals surface area contributed by atoms with Crippen LogP contribution in [0, 0.1) is 6.92 Å². The summed E-state index contributed by atoms with van der Waals surface area (Å²) in [7, 11) is 4.24. The summed E-state index contributed by atoms with van der Waals surface area (Å²) in [5.41, 5.74) is 2.80. The lowest BCUT2D eigenvalue weighted by molar-refractivity contribution is 0.183. The van der Waals surface area contributed by atoms with E-state index in [-0.39, 0.29) is 6.61 Å². The van der Waals surface area contributed by atoms with Crippen LogP contribution in [0.1, 0.15) is 17.0 Å². The van der Waals surface area contributed by atoms with E-state index < -0.39 is 6.09 Å². The third-order valence-electron chi connectivity index (χ3n) is 4.66. The van der Waals surface area contributed by atoms with Gasteiger partial charge in [0, 0.05) is 23.6 Å². The van der Waals surface area contributed by atoms with Crippen molar-refractivity contribution in [1.29, 1.82) is 0 Å². The quantitative estimate of drug-likeness (QED) is 0.387. The maximum atomic E-state index is 11.9. The summed E-state index contributed by atoms with van der Waals surface area (Å²) in [5, 5.41) is 14.1. The predicted molar refractivity (Wildman–Crippen MR) is 129 cm³/mol. The molecule has 1 N–H and O–H groups in total. The third kappa shape index (κ3) is 5.61. The molecular formula is C23H24N4O6S. The molecule has 1 aromatic heterocycles. The van der Waals surface area contributed by atoms with E-state index in [1.807, 2.05) is 12.1 Å². The topological polar surface area (TPSA) is 129 Å². The molecular weight excluding hydrogens is 460 g/mol. The van der Waals surface area contributed by atoms with Gasteiger partial charge in [0.25, 0.3) is 0 Å². The second-order valence-corrected chi connectivity index (χ2v) is 7.56. The molecule has 0 spiro atoms. The molecule has 3 aromatic rings. The highest BCUT2D eigenvalue weighted by Gasteiger charge is 2.19. The smallest absolute Gasteiger partial charge is 0.434 e. The molecule has 0 bridgehead atoms. The van der Waals surface area contributed by atoms with Crippen LogP contribution in [0.4, 0.5) is 10.5 Å². The average molecular weight is 485 g/mol. The minimum Gasteiger partial charge on any atom is -0.493 e. The van der Waals surface area contributed by atoms with Crippen LogP contribution in [-0.4, -0.2) is 59.7 Å². The van der Waals surface area contributed by atoms with Crippen LogP contribution in [0.15, 0.2) is 50.9 Å². The van der Waals surface area contributed by atoms with Crippen LogP contribution in [0.2, 0.25) is 0 Å². The fourth-order valence-corrected chi connectivity index (χ4v) is 3.61. The molecule has 0 radical (unpaired) electrons. The summed E-state index contributed by atoms with van der Waals surface area (Å²) in [5.74, 6) is 1.75. The molecule has 0 aliphatic heterocycles. The maximum absolute atomic E-state index is 11.9. The molecule has 0 aliphatic carbocycles. The van der Waals surface area contributed by atoms with Gasteiger partial charge in [-0.25, -0.2) is 9.79 Å². The molecule has 0 aliphatic rings. The largest absolute Gasteiger partial charge is 0.493 e. The summed E-state index contributed by atoms with van der Waals surface area (Å²) >= 11 is 1.23.